The number of nitrogens with one attached hydrogen (secondary N) is 1. The van der Waals surface area contributed by atoms with Gasteiger partial charge in [0.1, 0.15) is 0 Å². The molecule has 0 saturated heterocycles. The van der Waals surface area contributed by atoms with Crippen LogP contribution in [0.3, 0.4) is 0 Å². The molecular weight excluding hydrogens is 130 g/mol. The molecule has 1 aliphatic rings. The topological polar surface area (TPSA) is 58.5 Å². The smallest absolute Gasteiger partial charge is 0.273 e. The molecule has 9 heavy (non-hydrogen) atoms. The Bertz CT molecular complexity index is 189. The molecule has 0 aromatic carbocycles. The van der Waals surface area contributed by atoms with Crippen LogP contribution in [0.25, 0.3) is 0 Å². The van der Waals surface area contributed by atoms with Gasteiger partial charge < -0.3 is 0 Å². The minimum atomic E-state index is -1.78. The molecule has 0 aromatic heterocycles. The maximum absolute atomic E-state index is 12.0. The highest BCUT2D eigenvalue weighted by atomic mass is 19.1. The summed E-state index contributed by atoms with van der Waals surface area (Å²) in [6, 6.07) is -0.811. The first-order valence-electron chi connectivity index (χ1n) is 2.23. The van der Waals surface area contributed by atoms with E-state index in [0.29, 0.717) is 6.21 Å². The van der Waals surface area contributed by atoms with Crippen molar-refractivity contribution in [1.82, 2.24) is 5.32 Å². The van der Waals surface area contributed by atoms with Crippen LogP contribution >= 0.6 is 0 Å². The fourth-order valence-electron chi connectivity index (χ4n) is 0.407. The number of aliphatic imine (C=N–C) groups is 1. The standard InChI is InChI=1S/C4H3FN2O2/c5-2-1-6-4(9)7-3(2)8/h1-2H,(H,7,8,9)/i4+1,6+1,7+1. The summed E-state index contributed by atoms with van der Waals surface area (Å²) in [4.78, 5) is 23.3. The lowest BCUT2D eigenvalue weighted by atomic mass is 10.4. The van der Waals surface area contributed by atoms with Gasteiger partial charge in [0.2, 0.25) is 6.17 Å². The summed E-state index contributed by atoms with van der Waals surface area (Å²) in [5.41, 5.74) is 0. The molecule has 0 saturated carbocycles. The second-order valence-corrected chi connectivity index (χ2v) is 1.47. The van der Waals surface area contributed by atoms with E-state index in [0.717, 1.165) is 0 Å². The van der Waals surface area contributed by atoms with Crippen molar-refractivity contribution in [2.75, 3.05) is 0 Å². The fourth-order valence-corrected chi connectivity index (χ4v) is 0.407. The number of rotatable bonds is 0. The Morgan fingerprint density at radius 2 is 2.33 bits per heavy atom. The van der Waals surface area contributed by atoms with E-state index in [-0.39, 0.29) is 0 Å². The molecule has 1 rings (SSSR count). The number of imide groups is 1. The number of carbonyl (C=O) groups is 2. The molecule has 0 fully saturated rings. The maximum Gasteiger partial charge on any atom is 0.347 e. The van der Waals surface area contributed by atoms with Gasteiger partial charge in [0.15, 0.2) is 0 Å². The minimum Gasteiger partial charge on any atom is -0.273 e. The quantitative estimate of drug-likeness (QED) is 0.362. The summed E-state index contributed by atoms with van der Waals surface area (Å²) in [6.07, 6.45) is -1.11. The van der Waals surface area contributed by atoms with Gasteiger partial charge in [-0.05, 0) is 0 Å². The van der Waals surface area contributed by atoms with Crippen LogP contribution in [0.5, 0.6) is 0 Å². The summed E-state index contributed by atoms with van der Waals surface area (Å²) >= 11 is 0. The van der Waals surface area contributed by atoms with E-state index in [9.17, 15) is 14.0 Å². The van der Waals surface area contributed by atoms with Crippen LogP contribution in [-0.4, -0.2) is 24.3 Å². The third-order valence-corrected chi connectivity index (χ3v) is 0.803. The Kier molecular flexibility index (Phi) is 1.26. The molecule has 1 aliphatic heterocycles. The van der Waals surface area contributed by atoms with Crippen molar-refractivity contribution in [1.29, 1.82) is 0 Å². The van der Waals surface area contributed by atoms with Gasteiger partial charge in [-0.1, -0.05) is 0 Å². The van der Waals surface area contributed by atoms with E-state index < -0.39 is 18.1 Å². The second kappa shape index (κ2) is 1.93. The Labute approximate surface area is 49.8 Å². The third kappa shape index (κ3) is 1.10. The minimum absolute atomic E-state index is 0.668. The van der Waals surface area contributed by atoms with Crippen LogP contribution < -0.4 is 5.32 Å². The van der Waals surface area contributed by atoms with E-state index in [1.165, 1.54) is 0 Å². The first-order chi connectivity index (χ1) is 4.20. The van der Waals surface area contributed by atoms with E-state index in [1.54, 1.807) is 5.32 Å². The average Bonchev–Trinajstić information content (AvgIpc) is 1.80. The highest BCUT2D eigenvalue weighted by molar-refractivity contribution is 6.11. The molecule has 4 nitrogen and oxygen atoms in total. The summed E-state index contributed by atoms with van der Waals surface area (Å²) in [5.74, 6) is -0.949. The predicted octanol–water partition coefficient (Wildman–Crippen LogP) is -0.355. The van der Waals surface area contributed by atoms with Crippen molar-refractivity contribution >= 4 is 18.2 Å². The molecule has 0 bridgehead atoms. The van der Waals surface area contributed by atoms with Crippen molar-refractivity contribution in [3.8, 4) is 0 Å². The van der Waals surface area contributed by atoms with Crippen molar-refractivity contribution in [2.24, 2.45) is 4.99 Å². The number of halogens is 1. The van der Waals surface area contributed by atoms with Crippen molar-refractivity contribution in [3.05, 3.63) is 0 Å². The van der Waals surface area contributed by atoms with Gasteiger partial charge in [-0.15, -0.1) is 0 Å². The van der Waals surface area contributed by atoms with E-state index >= 15 is 0 Å². The highest BCUT2D eigenvalue weighted by Gasteiger charge is 2.21. The van der Waals surface area contributed by atoms with Crippen LogP contribution in [0.2, 0.25) is 0 Å². The molecule has 0 radical (unpaired) electrons. The van der Waals surface area contributed by atoms with Crippen LogP contribution in [-0.2, 0) is 4.79 Å². The Hall–Kier alpha value is -1.26. The first kappa shape index (κ1) is 5.87. The molecule has 1 heterocycles. The molecule has 1 N–H and O–H groups in total. The zero-order valence-electron chi connectivity index (χ0n) is 4.30. The highest BCUT2D eigenvalue weighted by Crippen LogP contribution is 1.92. The maximum atomic E-state index is 12.0. The van der Waals surface area contributed by atoms with Crippen LogP contribution in [0.4, 0.5) is 9.18 Å². The summed E-state index contributed by atoms with van der Waals surface area (Å²) in [6.45, 7) is 0. The number of alkyl halides is 1. The Morgan fingerprint density at radius 1 is 1.67 bits per heavy atom. The SMILES string of the molecule is O=C1[15NH][13C](=O)[15N]=CC1F. The fraction of sp³-hybridized carbons (Fsp3) is 0.250. The molecule has 3 amide bonds. The second-order valence-electron chi connectivity index (χ2n) is 1.47. The average molecular weight is 133 g/mol. The Balaban J connectivity index is 2.76. The molecule has 0 aromatic rings. The van der Waals surface area contributed by atoms with Crippen molar-refractivity contribution in [2.45, 2.75) is 6.17 Å². The van der Waals surface area contributed by atoms with Gasteiger partial charge in [-0.25, -0.2) is 14.2 Å². The van der Waals surface area contributed by atoms with Gasteiger partial charge in [0.05, 0.1) is 6.21 Å². The lowest BCUT2D eigenvalue weighted by molar-refractivity contribution is -0.122. The van der Waals surface area contributed by atoms with E-state index in [4.69, 9.17) is 0 Å². The van der Waals surface area contributed by atoms with E-state index in [2.05, 4.69) is 4.99 Å². The van der Waals surface area contributed by atoms with Crippen molar-refractivity contribution < 1.29 is 14.0 Å². The monoisotopic (exact) mass is 133 g/mol. The largest absolute Gasteiger partial charge is 0.347 e. The van der Waals surface area contributed by atoms with Gasteiger partial charge >= 0.3 is 6.03 Å². The summed E-state index contributed by atoms with van der Waals surface area (Å²) < 4.78 is 12.0. The third-order valence-electron chi connectivity index (χ3n) is 0.803. The molecule has 0 spiro atoms. The number of nitrogens with zero attached hydrogens (tertiary/aromatic N) is 1. The van der Waals surface area contributed by atoms with Gasteiger partial charge in [0.25, 0.3) is 5.91 Å². The molecule has 1 unspecified atom stereocenters. The van der Waals surface area contributed by atoms with Gasteiger partial charge in [-0.2, -0.15) is 0 Å². The number of carbonyl (C=O) groups excluding carboxylic acids is 2. The zero-order valence-corrected chi connectivity index (χ0v) is 4.30. The first-order valence-corrected chi connectivity index (χ1v) is 2.23. The summed E-state index contributed by atoms with van der Waals surface area (Å²) in [5, 5.41) is 1.68. The number of amides is 3. The molecule has 0 aliphatic carbocycles. The number of hydrogen-bond donors (Lipinski definition) is 1. The summed E-state index contributed by atoms with van der Waals surface area (Å²) in [7, 11) is 0. The molecular formula is C4H3FN2O2. The lowest BCUT2D eigenvalue weighted by Crippen LogP contribution is -2.39. The normalized spacial score (nSPS) is 26.1. The molecule has 1 atom stereocenters. The zero-order chi connectivity index (χ0) is 6.85. The predicted molar refractivity (Wildman–Crippen MR) is 26.9 cm³/mol. The molecule has 5 heteroatoms. The number of urea groups is 1. The van der Waals surface area contributed by atoms with Crippen molar-refractivity contribution in [3.63, 3.8) is 0 Å². The lowest BCUT2D eigenvalue weighted by Gasteiger charge is -2.05. The van der Waals surface area contributed by atoms with Gasteiger partial charge in [0, 0.05) is 0 Å². The molecule has 48 valence electrons. The van der Waals surface area contributed by atoms with E-state index in [1.807, 2.05) is 0 Å². The Morgan fingerprint density at radius 3 is 2.78 bits per heavy atom. The van der Waals surface area contributed by atoms with Crippen LogP contribution in [0.15, 0.2) is 4.99 Å². The van der Waals surface area contributed by atoms with Crippen LogP contribution in [0, 0.1) is 0 Å². The van der Waals surface area contributed by atoms with Gasteiger partial charge in [-0.3, -0.25) is 10.1 Å². The van der Waals surface area contributed by atoms with Crippen LogP contribution in [0.1, 0.15) is 0 Å². The number of hydrogen-bond acceptors (Lipinski definition) is 2.